The van der Waals surface area contributed by atoms with Gasteiger partial charge < -0.3 is 0 Å². The minimum Gasteiger partial charge on any atom is -0.121 e. The van der Waals surface area contributed by atoms with Gasteiger partial charge in [0.1, 0.15) is 0 Å². The van der Waals surface area contributed by atoms with Crippen molar-refractivity contribution >= 4 is 43.2 Å². The summed E-state index contributed by atoms with van der Waals surface area (Å²) >= 11 is 8.99. The molecule has 0 N–H and O–H groups in total. The Morgan fingerprint density at radius 1 is 0.696 bits per heavy atom. The van der Waals surface area contributed by atoms with Crippen LogP contribution in [0.1, 0.15) is 102 Å². The molecule has 0 aliphatic carbocycles. The van der Waals surface area contributed by atoms with E-state index in [9.17, 15) is 0 Å². The summed E-state index contributed by atoms with van der Waals surface area (Å²) in [5.74, 6) is 0. The van der Waals surface area contributed by atoms with Gasteiger partial charge in [-0.25, -0.2) is 0 Å². The molecule has 0 nitrogen and oxygen atoms in total. The van der Waals surface area contributed by atoms with Gasteiger partial charge in [-0.2, -0.15) is 0 Å². The number of rotatable bonds is 15. The number of hydrogen-bond acceptors (Lipinski definition) is 1. The standard InChI is InChI=1S/C20H34Br2S/c1-2-3-4-5-6-7-8-9-10-11-12-13-14-15-16-18-17-19(21)23-20(18)22/h17H,2-16H2,1H3. The van der Waals surface area contributed by atoms with Gasteiger partial charge >= 0.3 is 0 Å². The Morgan fingerprint density at radius 3 is 1.52 bits per heavy atom. The van der Waals surface area contributed by atoms with Crippen LogP contribution in [0.5, 0.6) is 0 Å². The molecule has 23 heavy (non-hydrogen) atoms. The van der Waals surface area contributed by atoms with Crippen molar-refractivity contribution in [3.05, 3.63) is 19.2 Å². The highest BCUT2D eigenvalue weighted by molar-refractivity contribution is 9.12. The first-order chi connectivity index (χ1) is 11.2. The number of thiophene rings is 1. The SMILES string of the molecule is CCCCCCCCCCCCCCCCc1cc(Br)sc1Br. The lowest BCUT2D eigenvalue weighted by molar-refractivity contribution is 0.535. The number of halogens is 2. The lowest BCUT2D eigenvalue weighted by atomic mass is 10.0. The molecular weight excluding hydrogens is 432 g/mol. The molecule has 0 aromatic carbocycles. The maximum absolute atomic E-state index is 3.65. The maximum Gasteiger partial charge on any atom is 0.0742 e. The van der Waals surface area contributed by atoms with E-state index < -0.39 is 0 Å². The van der Waals surface area contributed by atoms with Crippen LogP contribution in [-0.4, -0.2) is 0 Å². The lowest BCUT2D eigenvalue weighted by Crippen LogP contribution is -1.85. The first kappa shape index (κ1) is 21.7. The Labute approximate surface area is 165 Å². The molecule has 0 unspecified atom stereocenters. The maximum atomic E-state index is 3.65. The molecular formula is C20H34Br2S. The van der Waals surface area contributed by atoms with Crippen LogP contribution < -0.4 is 0 Å². The third-order valence-electron chi connectivity index (χ3n) is 4.53. The van der Waals surface area contributed by atoms with Gasteiger partial charge in [0.05, 0.1) is 7.57 Å². The molecule has 3 heteroatoms. The molecule has 1 rings (SSSR count). The largest absolute Gasteiger partial charge is 0.121 e. The molecule has 1 aromatic heterocycles. The molecule has 1 aromatic rings. The van der Waals surface area contributed by atoms with Crippen molar-refractivity contribution in [3.8, 4) is 0 Å². The minimum absolute atomic E-state index is 1.22. The van der Waals surface area contributed by atoms with Crippen LogP contribution in [0.3, 0.4) is 0 Å². The summed E-state index contributed by atoms with van der Waals surface area (Å²) in [6.45, 7) is 2.29. The second-order valence-corrected chi connectivity index (χ2v) is 10.4. The topological polar surface area (TPSA) is 0 Å². The van der Waals surface area contributed by atoms with Crippen LogP contribution in [0.2, 0.25) is 0 Å². The van der Waals surface area contributed by atoms with E-state index in [1.807, 2.05) is 0 Å². The van der Waals surface area contributed by atoms with Gasteiger partial charge in [-0.15, -0.1) is 11.3 Å². The van der Waals surface area contributed by atoms with E-state index >= 15 is 0 Å². The van der Waals surface area contributed by atoms with Crippen molar-refractivity contribution in [3.63, 3.8) is 0 Å². The number of unbranched alkanes of at least 4 members (excludes halogenated alkanes) is 13. The molecule has 0 aliphatic heterocycles. The van der Waals surface area contributed by atoms with Gasteiger partial charge in [-0.05, 0) is 56.3 Å². The van der Waals surface area contributed by atoms with E-state index in [2.05, 4.69) is 44.8 Å². The molecule has 0 aliphatic rings. The first-order valence-electron chi connectivity index (χ1n) is 9.67. The van der Waals surface area contributed by atoms with Crippen LogP contribution in [-0.2, 0) is 6.42 Å². The average Bonchev–Trinajstić information content (AvgIpc) is 2.85. The molecule has 0 saturated heterocycles. The third kappa shape index (κ3) is 11.8. The zero-order valence-corrected chi connectivity index (χ0v) is 18.8. The van der Waals surface area contributed by atoms with Crippen LogP contribution >= 0.6 is 43.2 Å². The zero-order valence-electron chi connectivity index (χ0n) is 14.8. The van der Waals surface area contributed by atoms with Crippen LogP contribution in [0, 0.1) is 0 Å². The predicted molar refractivity (Wildman–Crippen MR) is 114 cm³/mol. The smallest absolute Gasteiger partial charge is 0.0742 e. The summed E-state index contributed by atoms with van der Waals surface area (Å²) in [6, 6.07) is 2.26. The highest BCUT2D eigenvalue weighted by Crippen LogP contribution is 2.32. The van der Waals surface area contributed by atoms with Gasteiger partial charge in [0.15, 0.2) is 0 Å². The highest BCUT2D eigenvalue weighted by atomic mass is 79.9. The van der Waals surface area contributed by atoms with Gasteiger partial charge in [-0.1, -0.05) is 90.4 Å². The molecule has 0 atom stereocenters. The number of aryl methyl sites for hydroxylation is 1. The van der Waals surface area contributed by atoms with Crippen molar-refractivity contribution in [1.29, 1.82) is 0 Å². The van der Waals surface area contributed by atoms with Gasteiger partial charge in [-0.3, -0.25) is 0 Å². The molecule has 134 valence electrons. The molecule has 0 bridgehead atoms. The fourth-order valence-corrected chi connectivity index (χ4v) is 5.97. The molecule has 0 fully saturated rings. The van der Waals surface area contributed by atoms with E-state index in [0.717, 1.165) is 0 Å². The van der Waals surface area contributed by atoms with Crippen molar-refractivity contribution in [2.45, 2.75) is 103 Å². The van der Waals surface area contributed by atoms with Gasteiger partial charge in [0.25, 0.3) is 0 Å². The molecule has 1 heterocycles. The average molecular weight is 466 g/mol. The van der Waals surface area contributed by atoms with Crippen molar-refractivity contribution in [2.75, 3.05) is 0 Å². The summed E-state index contributed by atoms with van der Waals surface area (Å²) < 4.78 is 2.55. The Hall–Kier alpha value is 0.660. The summed E-state index contributed by atoms with van der Waals surface area (Å²) in [5.41, 5.74) is 1.47. The first-order valence-corrected chi connectivity index (χ1v) is 12.1. The third-order valence-corrected chi connectivity index (χ3v) is 6.99. The van der Waals surface area contributed by atoms with Gasteiger partial charge in [0.2, 0.25) is 0 Å². The zero-order chi connectivity index (χ0) is 16.8. The van der Waals surface area contributed by atoms with Crippen molar-refractivity contribution < 1.29 is 0 Å². The van der Waals surface area contributed by atoms with E-state index in [4.69, 9.17) is 0 Å². The van der Waals surface area contributed by atoms with Gasteiger partial charge in [0, 0.05) is 0 Å². The molecule has 0 saturated carbocycles. The Morgan fingerprint density at radius 2 is 1.13 bits per heavy atom. The van der Waals surface area contributed by atoms with Crippen molar-refractivity contribution in [1.82, 2.24) is 0 Å². The van der Waals surface area contributed by atoms with E-state index in [1.54, 1.807) is 11.3 Å². The lowest BCUT2D eigenvalue weighted by Gasteiger charge is -2.03. The fraction of sp³-hybridized carbons (Fsp3) is 0.800. The normalized spacial score (nSPS) is 11.3. The van der Waals surface area contributed by atoms with Crippen LogP contribution in [0.25, 0.3) is 0 Å². The Kier molecular flexibility index (Phi) is 14.1. The van der Waals surface area contributed by atoms with Crippen molar-refractivity contribution in [2.24, 2.45) is 0 Å². The van der Waals surface area contributed by atoms with Crippen LogP contribution in [0.15, 0.2) is 13.6 Å². The quantitative estimate of drug-likeness (QED) is 0.226. The number of hydrogen-bond donors (Lipinski definition) is 0. The predicted octanol–water partition coefficient (Wildman–Crippen LogP) is 9.30. The molecule has 0 radical (unpaired) electrons. The Balaban J connectivity index is 1.79. The minimum atomic E-state index is 1.22. The Bertz CT molecular complexity index is 387. The van der Waals surface area contributed by atoms with E-state index in [1.165, 1.54) is 109 Å². The second kappa shape index (κ2) is 15.0. The summed E-state index contributed by atoms with van der Waals surface area (Å²) in [4.78, 5) is 0. The van der Waals surface area contributed by atoms with E-state index in [-0.39, 0.29) is 0 Å². The summed E-state index contributed by atoms with van der Waals surface area (Å²) in [7, 11) is 0. The fourth-order valence-electron chi connectivity index (χ4n) is 3.05. The van der Waals surface area contributed by atoms with Crippen LogP contribution in [0.4, 0.5) is 0 Å². The summed E-state index contributed by atoms with van der Waals surface area (Å²) in [5, 5.41) is 0. The molecule has 0 spiro atoms. The summed E-state index contributed by atoms with van der Waals surface area (Å²) in [6.07, 6.45) is 21.3. The molecule has 0 amide bonds. The monoisotopic (exact) mass is 464 g/mol. The highest BCUT2D eigenvalue weighted by Gasteiger charge is 2.04. The van der Waals surface area contributed by atoms with E-state index in [0.29, 0.717) is 0 Å². The second-order valence-electron chi connectivity index (χ2n) is 6.70.